The van der Waals surface area contributed by atoms with Gasteiger partial charge in [0.1, 0.15) is 17.2 Å². The Bertz CT molecular complexity index is 673. The molecule has 0 spiro atoms. The lowest BCUT2D eigenvalue weighted by atomic mass is 10.1. The SMILES string of the molecule is COc1ccc(C(=O)Nc2ccc(OC)c(Br)c2)c(O)c1. The standard InChI is InChI=1S/C15H14BrNO4/c1-20-10-4-5-11(13(18)8-10)15(19)17-9-3-6-14(21-2)12(16)7-9/h3-8,18H,1-2H3,(H,17,19). The molecule has 0 radical (unpaired) electrons. The van der Waals surface area contributed by atoms with Gasteiger partial charge in [0.2, 0.25) is 0 Å². The Balaban J connectivity index is 2.20. The van der Waals surface area contributed by atoms with E-state index < -0.39 is 5.91 Å². The number of rotatable bonds is 4. The van der Waals surface area contributed by atoms with E-state index in [1.54, 1.807) is 31.4 Å². The molecular weight excluding hydrogens is 338 g/mol. The van der Waals surface area contributed by atoms with Crippen LogP contribution in [0.5, 0.6) is 17.2 Å². The molecule has 2 aromatic carbocycles. The zero-order valence-electron chi connectivity index (χ0n) is 11.5. The van der Waals surface area contributed by atoms with Crippen molar-refractivity contribution in [2.75, 3.05) is 19.5 Å². The molecule has 2 rings (SSSR count). The lowest BCUT2D eigenvalue weighted by molar-refractivity contribution is 0.102. The Morgan fingerprint density at radius 3 is 2.48 bits per heavy atom. The summed E-state index contributed by atoms with van der Waals surface area (Å²) in [6.45, 7) is 0. The van der Waals surface area contributed by atoms with E-state index in [9.17, 15) is 9.90 Å². The van der Waals surface area contributed by atoms with E-state index in [4.69, 9.17) is 9.47 Å². The zero-order valence-corrected chi connectivity index (χ0v) is 13.1. The van der Waals surface area contributed by atoms with Crippen LogP contribution in [-0.2, 0) is 0 Å². The maximum absolute atomic E-state index is 12.1. The number of phenols is 1. The summed E-state index contributed by atoms with van der Waals surface area (Å²) in [6, 6.07) is 9.66. The second kappa shape index (κ2) is 6.49. The quantitative estimate of drug-likeness (QED) is 0.885. The highest BCUT2D eigenvalue weighted by Crippen LogP contribution is 2.29. The normalized spacial score (nSPS) is 10.0. The van der Waals surface area contributed by atoms with Crippen molar-refractivity contribution in [1.82, 2.24) is 0 Å². The number of hydrogen-bond donors (Lipinski definition) is 2. The largest absolute Gasteiger partial charge is 0.507 e. The van der Waals surface area contributed by atoms with Gasteiger partial charge in [-0.3, -0.25) is 4.79 Å². The Morgan fingerprint density at radius 2 is 1.90 bits per heavy atom. The lowest BCUT2D eigenvalue weighted by Gasteiger charge is -2.10. The van der Waals surface area contributed by atoms with Gasteiger partial charge in [-0.2, -0.15) is 0 Å². The molecule has 2 aromatic rings. The Kier molecular flexibility index (Phi) is 4.70. The summed E-state index contributed by atoms with van der Waals surface area (Å²) >= 11 is 3.34. The van der Waals surface area contributed by atoms with E-state index in [1.807, 2.05) is 0 Å². The van der Waals surface area contributed by atoms with Crippen LogP contribution in [0.3, 0.4) is 0 Å². The van der Waals surface area contributed by atoms with Crippen LogP contribution in [0.15, 0.2) is 40.9 Å². The minimum Gasteiger partial charge on any atom is -0.507 e. The predicted molar refractivity (Wildman–Crippen MR) is 83.3 cm³/mol. The fraction of sp³-hybridized carbons (Fsp3) is 0.133. The van der Waals surface area contributed by atoms with Crippen molar-refractivity contribution >= 4 is 27.5 Å². The van der Waals surface area contributed by atoms with Crippen LogP contribution < -0.4 is 14.8 Å². The van der Waals surface area contributed by atoms with Crippen LogP contribution in [0, 0.1) is 0 Å². The summed E-state index contributed by atoms with van der Waals surface area (Å²) in [5.74, 6) is 0.600. The van der Waals surface area contributed by atoms with Crippen molar-refractivity contribution in [1.29, 1.82) is 0 Å². The highest BCUT2D eigenvalue weighted by molar-refractivity contribution is 9.10. The van der Waals surface area contributed by atoms with Gasteiger partial charge in [-0.05, 0) is 46.3 Å². The van der Waals surface area contributed by atoms with Gasteiger partial charge in [-0.1, -0.05) is 0 Å². The van der Waals surface area contributed by atoms with E-state index in [-0.39, 0.29) is 11.3 Å². The third-order valence-corrected chi connectivity index (χ3v) is 3.48. The molecule has 0 aliphatic rings. The number of carbonyl (C=O) groups is 1. The fourth-order valence-electron chi connectivity index (χ4n) is 1.77. The van der Waals surface area contributed by atoms with Crippen LogP contribution in [0.4, 0.5) is 5.69 Å². The highest BCUT2D eigenvalue weighted by atomic mass is 79.9. The second-order valence-corrected chi connectivity index (χ2v) is 5.04. The molecule has 0 saturated carbocycles. The molecule has 2 N–H and O–H groups in total. The Labute approximate surface area is 130 Å². The van der Waals surface area contributed by atoms with Crippen LogP contribution in [0.2, 0.25) is 0 Å². The molecular formula is C15H14BrNO4. The molecule has 0 heterocycles. The number of benzene rings is 2. The molecule has 0 atom stereocenters. The van der Waals surface area contributed by atoms with E-state index >= 15 is 0 Å². The predicted octanol–water partition coefficient (Wildman–Crippen LogP) is 3.42. The topological polar surface area (TPSA) is 67.8 Å². The maximum Gasteiger partial charge on any atom is 0.259 e. The average molecular weight is 352 g/mol. The average Bonchev–Trinajstić information content (AvgIpc) is 2.47. The number of phenolic OH excluding ortho intramolecular Hbond substituents is 1. The van der Waals surface area contributed by atoms with Gasteiger partial charge in [0.15, 0.2) is 0 Å². The number of ether oxygens (including phenoxy) is 2. The van der Waals surface area contributed by atoms with Gasteiger partial charge in [-0.15, -0.1) is 0 Å². The van der Waals surface area contributed by atoms with Crippen molar-refractivity contribution in [3.8, 4) is 17.2 Å². The molecule has 0 saturated heterocycles. The molecule has 6 heteroatoms. The van der Waals surface area contributed by atoms with Gasteiger partial charge < -0.3 is 19.9 Å². The van der Waals surface area contributed by atoms with E-state index in [1.165, 1.54) is 19.2 Å². The minimum absolute atomic E-state index is 0.139. The van der Waals surface area contributed by atoms with Crippen LogP contribution in [0.25, 0.3) is 0 Å². The summed E-state index contributed by atoms with van der Waals surface area (Å²) in [4.78, 5) is 12.1. The Morgan fingerprint density at radius 1 is 1.14 bits per heavy atom. The monoisotopic (exact) mass is 351 g/mol. The molecule has 0 aromatic heterocycles. The zero-order chi connectivity index (χ0) is 15.4. The smallest absolute Gasteiger partial charge is 0.259 e. The second-order valence-electron chi connectivity index (χ2n) is 4.19. The number of methoxy groups -OCH3 is 2. The molecule has 1 amide bonds. The van der Waals surface area contributed by atoms with E-state index in [0.29, 0.717) is 17.2 Å². The van der Waals surface area contributed by atoms with Crippen LogP contribution >= 0.6 is 15.9 Å². The van der Waals surface area contributed by atoms with Crippen LogP contribution in [-0.4, -0.2) is 25.2 Å². The van der Waals surface area contributed by atoms with Gasteiger partial charge in [0, 0.05) is 11.8 Å². The fourth-order valence-corrected chi connectivity index (χ4v) is 2.31. The number of aromatic hydroxyl groups is 1. The molecule has 0 aliphatic carbocycles. The molecule has 0 bridgehead atoms. The third-order valence-electron chi connectivity index (χ3n) is 2.86. The summed E-state index contributed by atoms with van der Waals surface area (Å²) in [5, 5.41) is 12.5. The molecule has 0 fully saturated rings. The minimum atomic E-state index is -0.410. The lowest BCUT2D eigenvalue weighted by Crippen LogP contribution is -2.12. The van der Waals surface area contributed by atoms with Gasteiger partial charge in [0.25, 0.3) is 5.91 Å². The van der Waals surface area contributed by atoms with Crippen molar-refractivity contribution in [3.63, 3.8) is 0 Å². The van der Waals surface area contributed by atoms with Gasteiger partial charge in [0.05, 0.1) is 24.3 Å². The number of anilines is 1. The molecule has 110 valence electrons. The first kappa shape index (κ1) is 15.2. The molecule has 5 nitrogen and oxygen atoms in total. The van der Waals surface area contributed by atoms with Gasteiger partial charge in [-0.25, -0.2) is 0 Å². The first-order valence-electron chi connectivity index (χ1n) is 6.07. The van der Waals surface area contributed by atoms with Gasteiger partial charge >= 0.3 is 0 Å². The summed E-state index contributed by atoms with van der Waals surface area (Å²) in [7, 11) is 3.05. The number of halogens is 1. The molecule has 21 heavy (non-hydrogen) atoms. The van der Waals surface area contributed by atoms with Crippen molar-refractivity contribution in [2.24, 2.45) is 0 Å². The number of nitrogens with one attached hydrogen (secondary N) is 1. The summed E-state index contributed by atoms with van der Waals surface area (Å²) in [6.07, 6.45) is 0. The number of amides is 1. The van der Waals surface area contributed by atoms with Crippen LogP contribution in [0.1, 0.15) is 10.4 Å². The summed E-state index contributed by atoms with van der Waals surface area (Å²) < 4.78 is 10.8. The highest BCUT2D eigenvalue weighted by Gasteiger charge is 2.13. The van der Waals surface area contributed by atoms with Crippen molar-refractivity contribution in [2.45, 2.75) is 0 Å². The number of carbonyl (C=O) groups excluding carboxylic acids is 1. The first-order chi connectivity index (χ1) is 10.0. The maximum atomic E-state index is 12.1. The van der Waals surface area contributed by atoms with Crippen molar-refractivity contribution < 1.29 is 19.4 Å². The Hall–Kier alpha value is -2.21. The molecule has 0 unspecified atom stereocenters. The van der Waals surface area contributed by atoms with Crippen molar-refractivity contribution in [3.05, 3.63) is 46.4 Å². The van der Waals surface area contributed by atoms with E-state index in [2.05, 4.69) is 21.2 Å². The third kappa shape index (κ3) is 3.46. The summed E-state index contributed by atoms with van der Waals surface area (Å²) in [5.41, 5.74) is 0.755. The number of hydrogen-bond acceptors (Lipinski definition) is 4. The molecule has 0 aliphatic heterocycles. The first-order valence-corrected chi connectivity index (χ1v) is 6.86. The van der Waals surface area contributed by atoms with E-state index in [0.717, 1.165) is 4.47 Å².